The van der Waals surface area contributed by atoms with E-state index in [0.717, 1.165) is 22.5 Å². The number of nitrogens with two attached hydrogens (primary N) is 1. The molecule has 0 spiro atoms. The molecular weight excluding hydrogens is 246 g/mol. The Morgan fingerprint density at radius 1 is 1.28 bits per heavy atom. The summed E-state index contributed by atoms with van der Waals surface area (Å²) in [6.07, 6.45) is 4.08. The minimum atomic E-state index is -0.0784. The van der Waals surface area contributed by atoms with E-state index in [4.69, 9.17) is 17.3 Å². The summed E-state index contributed by atoms with van der Waals surface area (Å²) < 4.78 is 0. The molecule has 2 aromatic heterocycles. The Kier molecular flexibility index (Phi) is 3.94. The molecule has 0 aliphatic heterocycles. The summed E-state index contributed by atoms with van der Waals surface area (Å²) >= 11 is 6.09. The van der Waals surface area contributed by atoms with Crippen molar-refractivity contribution in [1.82, 2.24) is 9.97 Å². The van der Waals surface area contributed by atoms with Crippen molar-refractivity contribution in [2.75, 3.05) is 0 Å². The second-order valence-electron chi connectivity index (χ2n) is 4.46. The van der Waals surface area contributed by atoms with E-state index in [9.17, 15) is 0 Å². The summed E-state index contributed by atoms with van der Waals surface area (Å²) in [6, 6.07) is 5.87. The maximum absolute atomic E-state index is 6.23. The number of rotatable bonds is 3. The largest absolute Gasteiger partial charge is 0.324 e. The van der Waals surface area contributed by atoms with Crippen LogP contribution in [-0.4, -0.2) is 9.97 Å². The highest BCUT2D eigenvalue weighted by atomic mass is 35.5. The molecule has 0 bridgehead atoms. The summed E-state index contributed by atoms with van der Waals surface area (Å²) in [6.45, 7) is 3.95. The zero-order valence-electron chi connectivity index (χ0n) is 10.5. The Hall–Kier alpha value is -1.45. The van der Waals surface area contributed by atoms with E-state index < -0.39 is 0 Å². The number of hydrogen-bond donors (Lipinski definition) is 1. The quantitative estimate of drug-likeness (QED) is 0.924. The monoisotopic (exact) mass is 261 g/mol. The number of aromatic nitrogens is 2. The van der Waals surface area contributed by atoms with E-state index in [0.29, 0.717) is 11.4 Å². The van der Waals surface area contributed by atoms with Crippen molar-refractivity contribution in [2.45, 2.75) is 26.3 Å². The lowest BCUT2D eigenvalue weighted by Gasteiger charge is -2.14. The van der Waals surface area contributed by atoms with Gasteiger partial charge in [-0.05, 0) is 49.6 Å². The van der Waals surface area contributed by atoms with Gasteiger partial charge in [0, 0.05) is 29.8 Å². The zero-order chi connectivity index (χ0) is 13.1. The van der Waals surface area contributed by atoms with Gasteiger partial charge in [0.05, 0.1) is 5.02 Å². The van der Waals surface area contributed by atoms with Gasteiger partial charge in [0.1, 0.15) is 0 Å². The number of halogens is 1. The van der Waals surface area contributed by atoms with Crippen molar-refractivity contribution in [3.8, 4) is 0 Å². The predicted octanol–water partition coefficient (Wildman–Crippen LogP) is 2.99. The molecular formula is C14H16ClN3. The summed E-state index contributed by atoms with van der Waals surface area (Å²) in [5.41, 5.74) is 10.3. The molecule has 0 aromatic carbocycles. The van der Waals surface area contributed by atoms with E-state index in [1.54, 1.807) is 12.4 Å². The first-order valence-corrected chi connectivity index (χ1v) is 6.23. The van der Waals surface area contributed by atoms with Gasteiger partial charge in [0.15, 0.2) is 0 Å². The molecule has 2 N–H and O–H groups in total. The molecule has 0 aliphatic carbocycles. The Morgan fingerprint density at radius 3 is 2.56 bits per heavy atom. The van der Waals surface area contributed by atoms with Gasteiger partial charge < -0.3 is 5.73 Å². The maximum atomic E-state index is 6.23. The number of nitrogens with zero attached hydrogens (tertiary/aromatic N) is 2. The summed E-state index contributed by atoms with van der Waals surface area (Å²) in [7, 11) is 0. The van der Waals surface area contributed by atoms with Gasteiger partial charge in [0.2, 0.25) is 0 Å². The van der Waals surface area contributed by atoms with Crippen LogP contribution in [0.2, 0.25) is 5.02 Å². The maximum Gasteiger partial charge on any atom is 0.0622 e. The van der Waals surface area contributed by atoms with Crippen LogP contribution in [0.4, 0.5) is 0 Å². The minimum absolute atomic E-state index is 0.0784. The van der Waals surface area contributed by atoms with Crippen LogP contribution in [0, 0.1) is 13.8 Å². The van der Waals surface area contributed by atoms with E-state index in [1.165, 1.54) is 0 Å². The summed E-state index contributed by atoms with van der Waals surface area (Å²) in [5, 5.41) is 0.662. The zero-order valence-corrected chi connectivity index (χ0v) is 11.3. The molecule has 0 saturated heterocycles. The second-order valence-corrected chi connectivity index (χ2v) is 4.87. The fourth-order valence-electron chi connectivity index (χ4n) is 2.01. The highest BCUT2D eigenvalue weighted by Gasteiger charge is 2.10. The molecule has 18 heavy (non-hydrogen) atoms. The smallest absolute Gasteiger partial charge is 0.0622 e. The topological polar surface area (TPSA) is 51.8 Å². The van der Waals surface area contributed by atoms with Crippen molar-refractivity contribution in [3.63, 3.8) is 0 Å². The highest BCUT2D eigenvalue weighted by Crippen LogP contribution is 2.21. The summed E-state index contributed by atoms with van der Waals surface area (Å²) in [5.74, 6) is 0. The number of pyridine rings is 2. The van der Waals surface area contributed by atoms with Gasteiger partial charge in [-0.2, -0.15) is 0 Å². The standard InChI is InChI=1S/C14H16ClN3/c1-9-5-12(6-10(2)18-9)14(16)7-11-3-4-17-8-13(11)15/h3-6,8,14H,7,16H2,1-2H3. The Bertz CT molecular complexity index is 534. The van der Waals surface area contributed by atoms with Gasteiger partial charge in [-0.1, -0.05) is 11.6 Å². The second kappa shape index (κ2) is 5.46. The Morgan fingerprint density at radius 2 is 1.94 bits per heavy atom. The molecule has 1 unspecified atom stereocenters. The predicted molar refractivity (Wildman–Crippen MR) is 73.6 cm³/mol. The molecule has 1 atom stereocenters. The Balaban J connectivity index is 2.22. The van der Waals surface area contributed by atoms with Gasteiger partial charge in [-0.3, -0.25) is 9.97 Å². The third-order valence-corrected chi connectivity index (χ3v) is 3.17. The van der Waals surface area contributed by atoms with Crippen LogP contribution < -0.4 is 5.73 Å². The van der Waals surface area contributed by atoms with E-state index in [2.05, 4.69) is 9.97 Å². The van der Waals surface area contributed by atoms with E-state index in [-0.39, 0.29) is 6.04 Å². The molecule has 2 rings (SSSR count). The van der Waals surface area contributed by atoms with Crippen LogP contribution in [0.15, 0.2) is 30.6 Å². The van der Waals surface area contributed by atoms with Crippen LogP contribution >= 0.6 is 11.6 Å². The Labute approximate surface area is 112 Å². The fourth-order valence-corrected chi connectivity index (χ4v) is 2.20. The summed E-state index contributed by atoms with van der Waals surface area (Å²) in [4.78, 5) is 8.32. The van der Waals surface area contributed by atoms with Crippen LogP contribution in [0.3, 0.4) is 0 Å². The van der Waals surface area contributed by atoms with Gasteiger partial charge in [-0.25, -0.2) is 0 Å². The molecule has 2 heterocycles. The van der Waals surface area contributed by atoms with Gasteiger partial charge in [0.25, 0.3) is 0 Å². The average Bonchev–Trinajstić information content (AvgIpc) is 2.31. The van der Waals surface area contributed by atoms with Gasteiger partial charge >= 0.3 is 0 Å². The van der Waals surface area contributed by atoms with Crippen molar-refractivity contribution in [2.24, 2.45) is 5.73 Å². The van der Waals surface area contributed by atoms with Gasteiger partial charge in [-0.15, -0.1) is 0 Å². The lowest BCUT2D eigenvalue weighted by molar-refractivity contribution is 0.717. The number of aryl methyl sites for hydroxylation is 2. The lowest BCUT2D eigenvalue weighted by atomic mass is 10.00. The normalized spacial score (nSPS) is 12.4. The van der Waals surface area contributed by atoms with Crippen LogP contribution in [-0.2, 0) is 6.42 Å². The van der Waals surface area contributed by atoms with Crippen LogP contribution in [0.25, 0.3) is 0 Å². The molecule has 4 heteroatoms. The highest BCUT2D eigenvalue weighted by molar-refractivity contribution is 6.31. The lowest BCUT2D eigenvalue weighted by Crippen LogP contribution is -2.14. The average molecular weight is 262 g/mol. The van der Waals surface area contributed by atoms with Crippen molar-refractivity contribution < 1.29 is 0 Å². The molecule has 0 fully saturated rings. The molecule has 0 amide bonds. The molecule has 0 saturated carbocycles. The number of hydrogen-bond acceptors (Lipinski definition) is 3. The van der Waals surface area contributed by atoms with E-state index in [1.807, 2.05) is 32.0 Å². The molecule has 0 radical (unpaired) electrons. The first-order chi connectivity index (χ1) is 8.56. The molecule has 3 nitrogen and oxygen atoms in total. The van der Waals surface area contributed by atoms with Crippen molar-refractivity contribution >= 4 is 11.6 Å². The minimum Gasteiger partial charge on any atom is -0.324 e. The van der Waals surface area contributed by atoms with Crippen LogP contribution in [0.5, 0.6) is 0 Å². The van der Waals surface area contributed by atoms with E-state index >= 15 is 0 Å². The first kappa shape index (κ1) is 13.0. The first-order valence-electron chi connectivity index (χ1n) is 5.85. The third kappa shape index (κ3) is 3.06. The molecule has 0 aliphatic rings. The SMILES string of the molecule is Cc1cc(C(N)Cc2ccncc2Cl)cc(C)n1. The molecule has 2 aromatic rings. The fraction of sp³-hybridized carbons (Fsp3) is 0.286. The van der Waals surface area contributed by atoms with Crippen molar-refractivity contribution in [1.29, 1.82) is 0 Å². The van der Waals surface area contributed by atoms with Crippen molar-refractivity contribution in [3.05, 3.63) is 58.1 Å². The molecule has 94 valence electrons. The van der Waals surface area contributed by atoms with Crippen LogP contribution in [0.1, 0.15) is 28.6 Å². The third-order valence-electron chi connectivity index (χ3n) is 2.83.